The molecule has 3 aromatic heterocycles. The Kier molecular flexibility index (Phi) is 5.36. The molecule has 0 fully saturated rings. The van der Waals surface area contributed by atoms with E-state index in [4.69, 9.17) is 11.6 Å². The molecular weight excluding hydrogens is 419 g/mol. The van der Waals surface area contributed by atoms with Gasteiger partial charge in [-0.05, 0) is 51.1 Å². The van der Waals surface area contributed by atoms with Crippen LogP contribution in [0.1, 0.15) is 36.6 Å². The van der Waals surface area contributed by atoms with Crippen LogP contribution in [0.3, 0.4) is 0 Å². The fourth-order valence-electron chi connectivity index (χ4n) is 3.53. The zero-order valence-electron chi connectivity index (χ0n) is 17.7. The highest BCUT2D eigenvalue weighted by Gasteiger charge is 2.25. The second kappa shape index (κ2) is 7.86. The van der Waals surface area contributed by atoms with Crippen molar-refractivity contribution in [3.8, 4) is 17.1 Å². The van der Waals surface area contributed by atoms with Gasteiger partial charge in [0.2, 0.25) is 0 Å². The molecule has 3 heterocycles. The summed E-state index contributed by atoms with van der Waals surface area (Å²) in [7, 11) is 1.85. The van der Waals surface area contributed by atoms with Crippen molar-refractivity contribution < 1.29 is 14.2 Å². The van der Waals surface area contributed by atoms with Crippen molar-refractivity contribution in [2.45, 2.75) is 32.8 Å². The summed E-state index contributed by atoms with van der Waals surface area (Å²) in [6.07, 6.45) is 1.90. The van der Waals surface area contributed by atoms with Gasteiger partial charge in [-0.2, -0.15) is 10.2 Å². The highest BCUT2D eigenvalue weighted by molar-refractivity contribution is 6.33. The summed E-state index contributed by atoms with van der Waals surface area (Å²) in [5.41, 5.74) is 3.41. The maximum absolute atomic E-state index is 13.3. The second-order valence-corrected chi connectivity index (χ2v) is 8.38. The van der Waals surface area contributed by atoms with E-state index in [0.29, 0.717) is 23.0 Å². The predicted molar refractivity (Wildman–Crippen MR) is 114 cm³/mol. The number of halogens is 2. The zero-order chi connectivity index (χ0) is 22.3. The van der Waals surface area contributed by atoms with E-state index >= 15 is 0 Å². The first-order valence-electron chi connectivity index (χ1n) is 9.76. The summed E-state index contributed by atoms with van der Waals surface area (Å²) in [5, 5.41) is 18.8. The highest BCUT2D eigenvalue weighted by Crippen LogP contribution is 2.29. The fourth-order valence-corrected chi connectivity index (χ4v) is 3.88. The number of aryl methyl sites for hydroxylation is 2. The molecule has 0 aliphatic rings. The minimum atomic E-state index is -1.08. The average Bonchev–Trinajstić information content (AvgIpc) is 3.23. The first-order valence-corrected chi connectivity index (χ1v) is 10.1. The van der Waals surface area contributed by atoms with Crippen LogP contribution in [-0.2, 0) is 19.1 Å². The lowest BCUT2D eigenvalue weighted by Gasteiger charge is -2.18. The normalized spacial score (nSPS) is 11.8. The molecular formula is C22H23ClFN6O+. The van der Waals surface area contributed by atoms with Gasteiger partial charge in [-0.15, -0.1) is 4.68 Å². The van der Waals surface area contributed by atoms with Gasteiger partial charge < -0.3 is 5.11 Å². The minimum Gasteiger partial charge on any atom is -0.384 e. The molecule has 0 saturated carbocycles. The zero-order valence-corrected chi connectivity index (χ0v) is 18.4. The maximum Gasteiger partial charge on any atom is 0.256 e. The fraction of sp³-hybridized carbons (Fsp3) is 0.273. The van der Waals surface area contributed by atoms with Crippen LogP contribution < -0.4 is 4.68 Å². The van der Waals surface area contributed by atoms with Crippen LogP contribution in [0.15, 0.2) is 42.7 Å². The van der Waals surface area contributed by atoms with Gasteiger partial charge >= 0.3 is 0 Å². The van der Waals surface area contributed by atoms with E-state index in [1.807, 2.05) is 26.1 Å². The molecule has 4 rings (SSSR count). The summed E-state index contributed by atoms with van der Waals surface area (Å²) in [5.74, 6) is 0.257. The van der Waals surface area contributed by atoms with Gasteiger partial charge in [-0.25, -0.2) is 19.0 Å². The molecule has 0 unspecified atom stereocenters. The Morgan fingerprint density at radius 3 is 2.58 bits per heavy atom. The summed E-state index contributed by atoms with van der Waals surface area (Å²) in [4.78, 5) is 8.71. The molecule has 160 valence electrons. The van der Waals surface area contributed by atoms with E-state index in [1.54, 1.807) is 35.3 Å². The van der Waals surface area contributed by atoms with Crippen molar-refractivity contribution in [1.29, 1.82) is 0 Å². The Labute approximate surface area is 184 Å². The first kappa shape index (κ1) is 21.1. The number of H-pyrrole nitrogens is 1. The number of hydrogen-bond acceptors (Lipinski definition) is 4. The predicted octanol–water partition coefficient (Wildman–Crippen LogP) is 3.40. The number of aromatic amines is 1. The molecule has 0 atom stereocenters. The molecule has 0 bridgehead atoms. The Hall–Kier alpha value is -3.10. The monoisotopic (exact) mass is 441 g/mol. The number of aromatic nitrogens is 6. The number of nitrogens with one attached hydrogen (secondary N) is 1. The maximum atomic E-state index is 13.3. The smallest absolute Gasteiger partial charge is 0.256 e. The lowest BCUT2D eigenvalue weighted by Crippen LogP contribution is -2.32. The van der Waals surface area contributed by atoms with Crippen LogP contribution in [0.5, 0.6) is 0 Å². The molecule has 7 nitrogen and oxygen atoms in total. The van der Waals surface area contributed by atoms with Crippen molar-refractivity contribution in [3.05, 3.63) is 76.3 Å². The molecule has 0 amide bonds. The van der Waals surface area contributed by atoms with Crippen LogP contribution in [0.4, 0.5) is 4.39 Å². The van der Waals surface area contributed by atoms with Crippen molar-refractivity contribution in [2.75, 3.05) is 0 Å². The molecule has 2 N–H and O–H groups in total. The lowest BCUT2D eigenvalue weighted by molar-refractivity contribution is -0.716. The molecule has 0 aliphatic carbocycles. The van der Waals surface area contributed by atoms with Gasteiger partial charge in [0, 0.05) is 12.5 Å². The standard InChI is InChI=1S/C22H22ClFN6O/c1-13-9-18(22(2,3)31)30(27-13)19-11-16(25-12-26-19)10-17-20(23)21(29(4)28-17)14-5-7-15(24)8-6-14/h5-9,11-12,31H,10H2,1-4H3/p+1. The average molecular weight is 442 g/mol. The van der Waals surface area contributed by atoms with Gasteiger partial charge in [0.15, 0.2) is 12.9 Å². The number of hydrogen-bond donors (Lipinski definition) is 2. The Balaban J connectivity index is 1.68. The van der Waals surface area contributed by atoms with Crippen LogP contribution >= 0.6 is 11.6 Å². The molecule has 9 heteroatoms. The van der Waals surface area contributed by atoms with E-state index in [0.717, 1.165) is 28.3 Å². The Morgan fingerprint density at radius 1 is 1.19 bits per heavy atom. The van der Waals surface area contributed by atoms with Crippen LogP contribution in [0.25, 0.3) is 17.1 Å². The van der Waals surface area contributed by atoms with Crippen molar-refractivity contribution in [1.82, 2.24) is 24.8 Å². The van der Waals surface area contributed by atoms with Crippen molar-refractivity contribution in [2.24, 2.45) is 7.05 Å². The van der Waals surface area contributed by atoms with Gasteiger partial charge in [-0.3, -0.25) is 0 Å². The van der Waals surface area contributed by atoms with E-state index in [9.17, 15) is 9.50 Å². The van der Waals surface area contributed by atoms with Crippen molar-refractivity contribution in [3.63, 3.8) is 0 Å². The highest BCUT2D eigenvalue weighted by atomic mass is 35.5. The Bertz CT molecular complexity index is 1240. The second-order valence-electron chi connectivity index (χ2n) is 8.00. The first-order chi connectivity index (χ1) is 14.6. The third kappa shape index (κ3) is 4.22. The van der Waals surface area contributed by atoms with E-state index in [1.165, 1.54) is 18.5 Å². The quantitative estimate of drug-likeness (QED) is 0.465. The van der Waals surface area contributed by atoms with Gasteiger partial charge in [0.1, 0.15) is 28.5 Å². The SMILES string of the molecule is Cc1cc(C(C)(C)O)n(-c2cc(Cc3[nH][n+](C)c(-c4ccc(F)cc4)c3Cl)ncn2)n1. The topological polar surface area (TPSA) is 83.5 Å². The molecule has 31 heavy (non-hydrogen) atoms. The van der Waals surface area contributed by atoms with Gasteiger partial charge in [0.05, 0.1) is 22.6 Å². The third-order valence-electron chi connectivity index (χ3n) is 4.97. The van der Waals surface area contributed by atoms with Gasteiger partial charge in [-0.1, -0.05) is 11.6 Å². The molecule has 1 aromatic carbocycles. The van der Waals surface area contributed by atoms with E-state index < -0.39 is 5.60 Å². The molecule has 0 aliphatic heterocycles. The molecule has 0 radical (unpaired) electrons. The van der Waals surface area contributed by atoms with Crippen LogP contribution in [0.2, 0.25) is 5.02 Å². The largest absolute Gasteiger partial charge is 0.384 e. The molecule has 0 saturated heterocycles. The number of aliphatic hydroxyl groups is 1. The number of nitrogens with zero attached hydrogens (tertiary/aromatic N) is 5. The summed E-state index contributed by atoms with van der Waals surface area (Å²) >= 11 is 6.66. The number of benzene rings is 1. The summed E-state index contributed by atoms with van der Waals surface area (Å²) in [6.45, 7) is 5.28. The summed E-state index contributed by atoms with van der Waals surface area (Å²) < 4.78 is 16.7. The third-order valence-corrected chi connectivity index (χ3v) is 5.38. The molecule has 0 spiro atoms. The van der Waals surface area contributed by atoms with Gasteiger partial charge in [0.25, 0.3) is 5.69 Å². The lowest BCUT2D eigenvalue weighted by atomic mass is 10.1. The van der Waals surface area contributed by atoms with Crippen LogP contribution in [0, 0.1) is 12.7 Å². The molecule has 4 aromatic rings. The number of rotatable bonds is 5. The summed E-state index contributed by atoms with van der Waals surface area (Å²) in [6, 6.07) is 9.84. The van der Waals surface area contributed by atoms with Crippen molar-refractivity contribution >= 4 is 11.6 Å². The Morgan fingerprint density at radius 2 is 1.90 bits per heavy atom. The minimum absolute atomic E-state index is 0.300. The van der Waals surface area contributed by atoms with E-state index in [2.05, 4.69) is 20.2 Å². The van der Waals surface area contributed by atoms with E-state index in [-0.39, 0.29) is 5.82 Å². The van der Waals surface area contributed by atoms with Crippen LogP contribution in [-0.4, -0.2) is 30.0 Å².